The van der Waals surface area contributed by atoms with Gasteiger partial charge in [0.25, 0.3) is 0 Å². The summed E-state index contributed by atoms with van der Waals surface area (Å²) in [6.07, 6.45) is -4.47. The first-order valence-corrected chi connectivity index (χ1v) is 7.59. The molecule has 0 amide bonds. The number of para-hydroxylation sites is 1. The number of nitrogens with one attached hydrogen (secondary N) is 1. The number of alkyl halides is 3. The third-order valence-electron chi connectivity index (χ3n) is 4.22. The highest BCUT2D eigenvalue weighted by atomic mass is 19.4. The summed E-state index contributed by atoms with van der Waals surface area (Å²) in [5.41, 5.74) is 0.983. The standard InChI is InChI=1S/C18H12F3N3O/c1-11-9-16-17(25)23(13-6-4-5-12(10-13)18(19,20)21)22-24(16)15-8-3-2-7-14(11)15/h2-10H,1H3/p+1. The fourth-order valence-electron chi connectivity index (χ4n) is 3.00. The van der Waals surface area contributed by atoms with E-state index in [0.717, 1.165) is 33.3 Å². The fourth-order valence-corrected chi connectivity index (χ4v) is 3.00. The molecule has 2 aromatic heterocycles. The van der Waals surface area contributed by atoms with Crippen LogP contribution in [0.2, 0.25) is 0 Å². The Hall–Kier alpha value is -3.09. The van der Waals surface area contributed by atoms with E-state index in [1.807, 2.05) is 31.2 Å². The largest absolute Gasteiger partial charge is 0.416 e. The molecule has 0 atom stereocenters. The number of nitrogens with zero attached hydrogens (tertiary/aromatic N) is 2. The van der Waals surface area contributed by atoms with Crippen molar-refractivity contribution in [2.45, 2.75) is 13.1 Å². The third kappa shape index (κ3) is 2.39. The van der Waals surface area contributed by atoms with Crippen molar-refractivity contribution in [1.82, 2.24) is 9.90 Å². The van der Waals surface area contributed by atoms with Gasteiger partial charge in [-0.1, -0.05) is 34.2 Å². The molecule has 0 spiro atoms. The van der Waals surface area contributed by atoms with Crippen LogP contribution in [-0.2, 0) is 6.18 Å². The Morgan fingerprint density at radius 2 is 1.76 bits per heavy atom. The van der Waals surface area contributed by atoms with Gasteiger partial charge in [0.05, 0.1) is 5.56 Å². The van der Waals surface area contributed by atoms with Gasteiger partial charge in [0.1, 0.15) is 0 Å². The van der Waals surface area contributed by atoms with E-state index in [1.165, 1.54) is 12.1 Å². The van der Waals surface area contributed by atoms with E-state index >= 15 is 0 Å². The third-order valence-corrected chi connectivity index (χ3v) is 4.22. The summed E-state index contributed by atoms with van der Waals surface area (Å²) in [6, 6.07) is 13.9. The van der Waals surface area contributed by atoms with Gasteiger partial charge >= 0.3 is 11.7 Å². The van der Waals surface area contributed by atoms with E-state index in [4.69, 9.17) is 0 Å². The van der Waals surface area contributed by atoms with Crippen molar-refractivity contribution in [2.75, 3.05) is 0 Å². The number of fused-ring (bicyclic) bond motifs is 3. The first-order chi connectivity index (χ1) is 11.9. The van der Waals surface area contributed by atoms with Gasteiger partial charge in [-0.25, -0.2) is 4.79 Å². The van der Waals surface area contributed by atoms with Crippen LogP contribution in [0.15, 0.2) is 59.4 Å². The number of hydrogen-bond donors (Lipinski definition) is 1. The zero-order valence-electron chi connectivity index (χ0n) is 13.1. The van der Waals surface area contributed by atoms with Crippen LogP contribution >= 0.6 is 0 Å². The number of rotatable bonds is 1. The van der Waals surface area contributed by atoms with Gasteiger partial charge in [0.2, 0.25) is 5.52 Å². The lowest BCUT2D eigenvalue weighted by molar-refractivity contribution is -0.555. The molecule has 0 aliphatic rings. The summed E-state index contributed by atoms with van der Waals surface area (Å²) in [6.45, 7) is 1.89. The van der Waals surface area contributed by atoms with Gasteiger partial charge < -0.3 is 0 Å². The molecular weight excluding hydrogens is 331 g/mol. The van der Waals surface area contributed by atoms with Crippen LogP contribution in [0.1, 0.15) is 11.1 Å². The van der Waals surface area contributed by atoms with E-state index in [1.54, 1.807) is 10.6 Å². The molecule has 0 aliphatic heterocycles. The minimum Gasteiger partial charge on any atom is -0.234 e. The SMILES string of the molecule is Cc1cc2c(=O)n(-c3cccc(C(F)(F)F)c3)[nH][n+]2c2ccccc12. The second-order valence-electron chi connectivity index (χ2n) is 5.85. The molecule has 4 nitrogen and oxygen atoms in total. The quantitative estimate of drug-likeness (QED) is 0.529. The van der Waals surface area contributed by atoms with Crippen molar-refractivity contribution in [3.63, 3.8) is 0 Å². The number of H-pyrrole nitrogens is 1. The highest BCUT2D eigenvalue weighted by Gasteiger charge is 2.31. The lowest BCUT2D eigenvalue weighted by Crippen LogP contribution is -2.26. The summed E-state index contributed by atoms with van der Waals surface area (Å²) in [5, 5.41) is 3.84. The zero-order chi connectivity index (χ0) is 17.8. The number of aromatic amines is 1. The smallest absolute Gasteiger partial charge is 0.234 e. The molecule has 0 saturated carbocycles. The van der Waals surface area contributed by atoms with E-state index in [0.29, 0.717) is 5.52 Å². The Morgan fingerprint density at radius 1 is 1.00 bits per heavy atom. The lowest BCUT2D eigenvalue weighted by atomic mass is 10.1. The summed E-state index contributed by atoms with van der Waals surface area (Å²) < 4.78 is 41.6. The van der Waals surface area contributed by atoms with Gasteiger partial charge in [0, 0.05) is 5.39 Å². The Morgan fingerprint density at radius 3 is 2.52 bits per heavy atom. The van der Waals surface area contributed by atoms with Crippen LogP contribution in [-0.4, -0.2) is 9.90 Å². The molecule has 0 aliphatic carbocycles. The molecular formula is C18H13F3N3O+. The monoisotopic (exact) mass is 344 g/mol. The van der Waals surface area contributed by atoms with Gasteiger partial charge in [-0.15, -0.1) is 4.52 Å². The Balaban J connectivity index is 2.03. The summed E-state index contributed by atoms with van der Waals surface area (Å²) >= 11 is 0. The molecule has 2 heterocycles. The predicted octanol–water partition coefficient (Wildman–Crippen LogP) is 3.38. The molecule has 1 N–H and O–H groups in total. The number of halogens is 3. The maximum atomic E-state index is 12.9. The molecule has 2 aromatic carbocycles. The highest BCUT2D eigenvalue weighted by Crippen LogP contribution is 2.30. The molecule has 0 bridgehead atoms. The Bertz CT molecular complexity index is 1170. The molecule has 0 radical (unpaired) electrons. The number of aromatic nitrogens is 3. The van der Waals surface area contributed by atoms with Crippen molar-refractivity contribution in [1.29, 1.82) is 0 Å². The van der Waals surface area contributed by atoms with Crippen LogP contribution in [0, 0.1) is 6.92 Å². The second kappa shape index (κ2) is 5.20. The van der Waals surface area contributed by atoms with Crippen LogP contribution in [0.4, 0.5) is 13.2 Å². The van der Waals surface area contributed by atoms with Crippen LogP contribution in [0.3, 0.4) is 0 Å². The van der Waals surface area contributed by atoms with Gasteiger partial charge in [-0.3, -0.25) is 0 Å². The first kappa shape index (κ1) is 15.4. The van der Waals surface area contributed by atoms with E-state index in [-0.39, 0.29) is 5.69 Å². The summed E-state index contributed by atoms with van der Waals surface area (Å²) in [4.78, 5) is 12.7. The first-order valence-electron chi connectivity index (χ1n) is 7.59. The maximum absolute atomic E-state index is 12.9. The van der Waals surface area contributed by atoms with E-state index in [9.17, 15) is 18.0 Å². The lowest BCUT2D eigenvalue weighted by Gasteiger charge is -2.06. The van der Waals surface area contributed by atoms with Crippen LogP contribution in [0.25, 0.3) is 22.1 Å². The topological polar surface area (TPSA) is 41.9 Å². The average Bonchev–Trinajstić information content (AvgIpc) is 2.92. The normalized spacial score (nSPS) is 12.2. The number of pyridine rings is 1. The minimum atomic E-state index is -4.47. The van der Waals surface area contributed by atoms with Crippen molar-refractivity contribution in [3.05, 3.63) is 76.1 Å². The second-order valence-corrected chi connectivity index (χ2v) is 5.85. The molecule has 0 unspecified atom stereocenters. The molecule has 4 rings (SSSR count). The average molecular weight is 344 g/mol. The number of hydrogen-bond acceptors (Lipinski definition) is 1. The van der Waals surface area contributed by atoms with Crippen molar-refractivity contribution in [3.8, 4) is 5.69 Å². The predicted molar refractivity (Wildman–Crippen MR) is 86.8 cm³/mol. The van der Waals surface area contributed by atoms with E-state index < -0.39 is 17.3 Å². The van der Waals surface area contributed by atoms with Crippen molar-refractivity contribution in [2.24, 2.45) is 0 Å². The van der Waals surface area contributed by atoms with Crippen molar-refractivity contribution < 1.29 is 17.7 Å². The molecule has 25 heavy (non-hydrogen) atoms. The molecule has 0 saturated heterocycles. The van der Waals surface area contributed by atoms with Gasteiger partial charge in [0.15, 0.2) is 11.2 Å². The van der Waals surface area contributed by atoms with Gasteiger partial charge in [-0.2, -0.15) is 13.2 Å². The Kier molecular flexibility index (Phi) is 3.21. The highest BCUT2D eigenvalue weighted by molar-refractivity contribution is 5.80. The fraction of sp³-hybridized carbons (Fsp3) is 0.111. The van der Waals surface area contributed by atoms with Crippen LogP contribution < -0.4 is 10.1 Å². The minimum absolute atomic E-state index is 0.130. The zero-order valence-corrected chi connectivity index (χ0v) is 13.1. The molecule has 4 aromatic rings. The molecule has 126 valence electrons. The molecule has 0 fully saturated rings. The van der Waals surface area contributed by atoms with Crippen molar-refractivity contribution >= 4 is 16.4 Å². The summed E-state index contributed by atoms with van der Waals surface area (Å²) in [7, 11) is 0. The van der Waals surface area contributed by atoms with Crippen LogP contribution in [0.5, 0.6) is 0 Å². The number of aryl methyl sites for hydroxylation is 1. The Labute approximate surface area is 139 Å². The maximum Gasteiger partial charge on any atom is 0.416 e. The number of benzene rings is 2. The molecule has 7 heteroatoms. The summed E-state index contributed by atoms with van der Waals surface area (Å²) in [5.74, 6) is 0. The van der Waals surface area contributed by atoms with E-state index in [2.05, 4.69) is 5.21 Å². The van der Waals surface area contributed by atoms with Gasteiger partial charge in [-0.05, 0) is 42.8 Å².